The number of nitrogens with one attached hydrogen (secondary N) is 1. The van der Waals surface area contributed by atoms with E-state index in [-0.39, 0.29) is 6.04 Å². The number of nitrogens with zero attached hydrogens (tertiary/aromatic N) is 2. The number of hydrogen-bond donors (Lipinski definition) is 2. The van der Waals surface area contributed by atoms with Crippen LogP contribution in [0.25, 0.3) is 0 Å². The molecule has 1 atom stereocenters. The Labute approximate surface area is 110 Å². The number of benzene rings is 1. The molecule has 0 saturated carbocycles. The van der Waals surface area contributed by atoms with Gasteiger partial charge in [-0.25, -0.2) is 13.8 Å². The predicted octanol–water partition coefficient (Wildman–Crippen LogP) is 1.84. The molecule has 4 nitrogen and oxygen atoms in total. The first-order valence-corrected chi connectivity index (χ1v) is 5.99. The smallest absolute Gasteiger partial charge is 0.130 e. The Morgan fingerprint density at radius 1 is 1.42 bits per heavy atom. The van der Waals surface area contributed by atoms with Crippen molar-refractivity contribution in [3.8, 4) is 0 Å². The molecule has 0 aliphatic heterocycles. The minimum absolute atomic E-state index is 0.359. The lowest BCUT2D eigenvalue weighted by molar-refractivity contribution is 0.474. The van der Waals surface area contributed by atoms with E-state index in [1.807, 2.05) is 17.8 Å². The lowest BCUT2D eigenvalue weighted by Crippen LogP contribution is -2.29. The van der Waals surface area contributed by atoms with Crippen molar-refractivity contribution in [1.82, 2.24) is 15.0 Å². The Balaban J connectivity index is 2.10. The number of hydrogen-bond acceptors (Lipinski definition) is 3. The van der Waals surface area contributed by atoms with Crippen LogP contribution in [-0.4, -0.2) is 9.55 Å². The summed E-state index contributed by atoms with van der Waals surface area (Å²) < 4.78 is 28.4. The van der Waals surface area contributed by atoms with Gasteiger partial charge in [-0.05, 0) is 12.5 Å². The Bertz CT molecular complexity index is 553. The van der Waals surface area contributed by atoms with Crippen LogP contribution in [0.4, 0.5) is 8.78 Å². The van der Waals surface area contributed by atoms with E-state index in [1.165, 1.54) is 12.1 Å². The van der Waals surface area contributed by atoms with Crippen molar-refractivity contribution in [2.24, 2.45) is 12.9 Å². The number of imidazole rings is 1. The van der Waals surface area contributed by atoms with Gasteiger partial charge in [-0.2, -0.15) is 0 Å². The zero-order chi connectivity index (χ0) is 13.8. The standard InChI is InChI=1S/C13H16F2N4/c1-19-7-6-17-13(19)5-4-12(18-16)10-3-2-9(14)8-11(10)15/h2-3,6-8,12,18H,4-5,16H2,1H3. The van der Waals surface area contributed by atoms with Gasteiger partial charge in [0.25, 0.3) is 0 Å². The molecule has 6 heteroatoms. The summed E-state index contributed by atoms with van der Waals surface area (Å²) in [6, 6.07) is 3.12. The minimum atomic E-state index is -0.596. The van der Waals surface area contributed by atoms with Crippen LogP contribution in [0.15, 0.2) is 30.6 Å². The number of aryl methyl sites for hydroxylation is 2. The topological polar surface area (TPSA) is 55.9 Å². The second-order valence-electron chi connectivity index (χ2n) is 4.38. The highest BCUT2D eigenvalue weighted by atomic mass is 19.1. The molecule has 0 aliphatic rings. The van der Waals surface area contributed by atoms with Crippen molar-refractivity contribution in [2.75, 3.05) is 0 Å². The summed E-state index contributed by atoms with van der Waals surface area (Å²) in [4.78, 5) is 4.19. The summed E-state index contributed by atoms with van der Waals surface area (Å²) in [5.41, 5.74) is 2.92. The summed E-state index contributed by atoms with van der Waals surface area (Å²) in [6.45, 7) is 0. The summed E-state index contributed by atoms with van der Waals surface area (Å²) in [7, 11) is 1.89. The van der Waals surface area contributed by atoms with Gasteiger partial charge in [-0.1, -0.05) is 6.07 Å². The molecule has 0 radical (unpaired) electrons. The normalized spacial score (nSPS) is 12.6. The molecular weight excluding hydrogens is 250 g/mol. The molecule has 1 unspecified atom stereocenters. The van der Waals surface area contributed by atoms with Crippen molar-refractivity contribution < 1.29 is 8.78 Å². The summed E-state index contributed by atoms with van der Waals surface area (Å²) in [5, 5.41) is 0. The molecule has 0 aliphatic carbocycles. The molecule has 1 aromatic heterocycles. The molecular formula is C13H16F2N4. The van der Waals surface area contributed by atoms with E-state index < -0.39 is 11.6 Å². The molecule has 2 rings (SSSR count). The predicted molar refractivity (Wildman–Crippen MR) is 68.0 cm³/mol. The Hall–Kier alpha value is -1.79. The lowest BCUT2D eigenvalue weighted by atomic mass is 10.0. The fourth-order valence-electron chi connectivity index (χ4n) is 2.02. The molecule has 102 valence electrons. The molecule has 0 amide bonds. The number of rotatable bonds is 5. The lowest BCUT2D eigenvalue weighted by Gasteiger charge is -2.17. The third kappa shape index (κ3) is 3.15. The molecule has 0 fully saturated rings. The van der Waals surface area contributed by atoms with Gasteiger partial charge in [0.15, 0.2) is 0 Å². The minimum Gasteiger partial charge on any atom is -0.338 e. The van der Waals surface area contributed by atoms with Crippen molar-refractivity contribution >= 4 is 0 Å². The van der Waals surface area contributed by atoms with Gasteiger partial charge in [-0.3, -0.25) is 11.3 Å². The van der Waals surface area contributed by atoms with Crippen LogP contribution in [0.5, 0.6) is 0 Å². The van der Waals surface area contributed by atoms with Gasteiger partial charge >= 0.3 is 0 Å². The van der Waals surface area contributed by atoms with E-state index >= 15 is 0 Å². The van der Waals surface area contributed by atoms with E-state index in [2.05, 4.69) is 10.4 Å². The van der Waals surface area contributed by atoms with Crippen LogP contribution in [-0.2, 0) is 13.5 Å². The van der Waals surface area contributed by atoms with Crippen LogP contribution in [0.2, 0.25) is 0 Å². The third-order valence-corrected chi connectivity index (χ3v) is 3.12. The third-order valence-electron chi connectivity index (χ3n) is 3.12. The van der Waals surface area contributed by atoms with Crippen molar-refractivity contribution in [2.45, 2.75) is 18.9 Å². The fourth-order valence-corrected chi connectivity index (χ4v) is 2.02. The van der Waals surface area contributed by atoms with Gasteiger partial charge in [0.1, 0.15) is 17.5 Å². The SMILES string of the molecule is Cn1ccnc1CCC(NN)c1ccc(F)cc1F. The molecule has 19 heavy (non-hydrogen) atoms. The Morgan fingerprint density at radius 2 is 2.21 bits per heavy atom. The zero-order valence-electron chi connectivity index (χ0n) is 10.6. The molecule has 1 heterocycles. The van der Waals surface area contributed by atoms with E-state index in [0.29, 0.717) is 18.4 Å². The second kappa shape index (κ2) is 5.90. The van der Waals surface area contributed by atoms with Gasteiger partial charge in [-0.15, -0.1) is 0 Å². The average molecular weight is 266 g/mol. The molecule has 0 spiro atoms. The average Bonchev–Trinajstić information content (AvgIpc) is 2.78. The van der Waals surface area contributed by atoms with Crippen molar-refractivity contribution in [3.05, 3.63) is 53.6 Å². The highest BCUT2D eigenvalue weighted by Gasteiger charge is 2.15. The first-order valence-electron chi connectivity index (χ1n) is 5.99. The first kappa shape index (κ1) is 13.6. The van der Waals surface area contributed by atoms with Gasteiger partial charge in [0.05, 0.1) is 0 Å². The number of aromatic nitrogens is 2. The fraction of sp³-hybridized carbons (Fsp3) is 0.308. The van der Waals surface area contributed by atoms with Crippen molar-refractivity contribution in [3.63, 3.8) is 0 Å². The molecule has 1 aromatic carbocycles. The number of halogens is 2. The Kier molecular flexibility index (Phi) is 4.24. The van der Waals surface area contributed by atoms with Gasteiger partial charge in [0, 0.05) is 43.5 Å². The van der Waals surface area contributed by atoms with Crippen LogP contribution in [0, 0.1) is 11.6 Å². The van der Waals surface area contributed by atoms with E-state index in [1.54, 1.807) is 6.20 Å². The highest BCUT2D eigenvalue weighted by Crippen LogP contribution is 2.21. The summed E-state index contributed by atoms with van der Waals surface area (Å²) in [6.07, 6.45) is 4.77. The van der Waals surface area contributed by atoms with Crippen LogP contribution in [0.3, 0.4) is 0 Å². The zero-order valence-corrected chi connectivity index (χ0v) is 10.6. The molecule has 0 saturated heterocycles. The summed E-state index contributed by atoms with van der Waals surface area (Å²) >= 11 is 0. The maximum absolute atomic E-state index is 13.7. The second-order valence-corrected chi connectivity index (χ2v) is 4.38. The Morgan fingerprint density at radius 3 is 2.79 bits per heavy atom. The highest BCUT2D eigenvalue weighted by molar-refractivity contribution is 5.22. The maximum Gasteiger partial charge on any atom is 0.130 e. The van der Waals surface area contributed by atoms with Crippen molar-refractivity contribution in [1.29, 1.82) is 0 Å². The molecule has 2 aromatic rings. The van der Waals surface area contributed by atoms with Crippen LogP contribution < -0.4 is 11.3 Å². The number of hydrazine groups is 1. The molecule has 0 bridgehead atoms. The maximum atomic E-state index is 13.7. The monoisotopic (exact) mass is 266 g/mol. The summed E-state index contributed by atoms with van der Waals surface area (Å²) in [5.74, 6) is 5.15. The van der Waals surface area contributed by atoms with Gasteiger partial charge < -0.3 is 4.57 Å². The van der Waals surface area contributed by atoms with Gasteiger partial charge in [0.2, 0.25) is 0 Å². The van der Waals surface area contributed by atoms with E-state index in [4.69, 9.17) is 5.84 Å². The quantitative estimate of drug-likeness (QED) is 0.641. The van der Waals surface area contributed by atoms with Crippen LogP contribution >= 0.6 is 0 Å². The molecule has 3 N–H and O–H groups in total. The first-order chi connectivity index (χ1) is 9.11. The number of nitrogens with two attached hydrogens (primary N) is 1. The van der Waals surface area contributed by atoms with E-state index in [0.717, 1.165) is 11.9 Å². The van der Waals surface area contributed by atoms with E-state index in [9.17, 15) is 8.78 Å². The largest absolute Gasteiger partial charge is 0.338 e. The van der Waals surface area contributed by atoms with Crippen LogP contribution in [0.1, 0.15) is 23.9 Å².